The molecule has 0 saturated carbocycles. The molecular weight excluding hydrogens is 319 g/mol. The summed E-state index contributed by atoms with van der Waals surface area (Å²) in [6.45, 7) is 2.23. The van der Waals surface area contributed by atoms with Crippen molar-refractivity contribution in [2.24, 2.45) is 0 Å². The molecule has 3 heterocycles. The van der Waals surface area contributed by atoms with Gasteiger partial charge >= 0.3 is 0 Å². The van der Waals surface area contributed by atoms with Gasteiger partial charge in [0.15, 0.2) is 0 Å². The minimum absolute atomic E-state index is 0. The van der Waals surface area contributed by atoms with Crippen LogP contribution >= 0.6 is 37.2 Å². The summed E-state index contributed by atoms with van der Waals surface area (Å²) in [6.07, 6.45) is 6.35. The van der Waals surface area contributed by atoms with Crippen molar-refractivity contribution in [2.75, 3.05) is 25.0 Å². The Labute approximate surface area is 137 Å². The summed E-state index contributed by atoms with van der Waals surface area (Å²) in [6, 6.07) is 4.79. The number of fused-ring (bicyclic) bond motifs is 1. The summed E-state index contributed by atoms with van der Waals surface area (Å²) in [4.78, 5) is 9.87. The molecular formula is C13H21Cl3N4. The molecule has 0 aromatic carbocycles. The molecule has 1 aliphatic heterocycles. The van der Waals surface area contributed by atoms with Crippen LogP contribution in [0.3, 0.4) is 0 Å². The molecule has 1 saturated heterocycles. The number of hydrogen-bond donors (Lipinski definition) is 2. The predicted molar refractivity (Wildman–Crippen MR) is 92.1 cm³/mol. The lowest BCUT2D eigenvalue weighted by Crippen LogP contribution is -2.44. The Hall–Kier alpha value is -0.680. The second-order valence-electron chi connectivity index (χ2n) is 4.68. The zero-order valence-electron chi connectivity index (χ0n) is 11.3. The SMILES string of the molecule is CN(c1ccnc2[nH]ccc12)C1CCCNC1.Cl.Cl.Cl. The Kier molecular flexibility index (Phi) is 8.28. The lowest BCUT2D eigenvalue weighted by Gasteiger charge is -2.33. The van der Waals surface area contributed by atoms with Crippen molar-refractivity contribution in [1.82, 2.24) is 15.3 Å². The van der Waals surface area contributed by atoms with Crippen LogP contribution in [-0.4, -0.2) is 36.1 Å². The maximum atomic E-state index is 4.33. The van der Waals surface area contributed by atoms with Gasteiger partial charge in [-0.2, -0.15) is 0 Å². The average molecular weight is 340 g/mol. The molecule has 1 unspecified atom stereocenters. The van der Waals surface area contributed by atoms with Crippen LogP contribution in [0.25, 0.3) is 11.0 Å². The standard InChI is InChI=1S/C13H18N4.3ClH/c1-17(10-3-2-6-14-9-10)12-5-8-16-13-11(12)4-7-15-13;;;/h4-5,7-8,10,14H,2-3,6,9H2,1H3,(H,15,16);3*1H. The van der Waals surface area contributed by atoms with E-state index in [0.717, 1.165) is 18.7 Å². The lowest BCUT2D eigenvalue weighted by molar-refractivity contribution is 0.445. The molecule has 1 atom stereocenters. The molecule has 0 spiro atoms. The highest BCUT2D eigenvalue weighted by Crippen LogP contribution is 2.26. The zero-order chi connectivity index (χ0) is 11.7. The molecule has 3 rings (SSSR count). The summed E-state index contributed by atoms with van der Waals surface area (Å²) in [7, 11) is 2.18. The van der Waals surface area contributed by atoms with Gasteiger partial charge in [-0.25, -0.2) is 4.98 Å². The number of hydrogen-bond acceptors (Lipinski definition) is 3. The normalized spacial score (nSPS) is 17.6. The first kappa shape index (κ1) is 19.3. The van der Waals surface area contributed by atoms with E-state index in [1.54, 1.807) is 0 Å². The second kappa shape index (κ2) is 8.57. The van der Waals surface area contributed by atoms with Gasteiger partial charge in [-0.3, -0.25) is 0 Å². The molecule has 0 amide bonds. The predicted octanol–water partition coefficient (Wildman–Crippen LogP) is 3.02. The van der Waals surface area contributed by atoms with Gasteiger partial charge in [0.2, 0.25) is 0 Å². The first-order valence-corrected chi connectivity index (χ1v) is 6.22. The first-order valence-electron chi connectivity index (χ1n) is 6.22. The highest BCUT2D eigenvalue weighted by Gasteiger charge is 2.19. The molecule has 0 bridgehead atoms. The Bertz CT molecular complexity index is 511. The van der Waals surface area contributed by atoms with E-state index in [1.807, 2.05) is 12.4 Å². The number of nitrogens with zero attached hydrogens (tertiary/aromatic N) is 2. The van der Waals surface area contributed by atoms with Crippen LogP contribution in [-0.2, 0) is 0 Å². The Morgan fingerprint density at radius 1 is 1.25 bits per heavy atom. The summed E-state index contributed by atoms with van der Waals surface area (Å²) < 4.78 is 0. The van der Waals surface area contributed by atoms with Crippen molar-refractivity contribution in [3.05, 3.63) is 24.5 Å². The summed E-state index contributed by atoms with van der Waals surface area (Å²) in [5.41, 5.74) is 2.24. The highest BCUT2D eigenvalue weighted by atomic mass is 35.5. The van der Waals surface area contributed by atoms with E-state index in [-0.39, 0.29) is 37.2 Å². The van der Waals surface area contributed by atoms with Gasteiger partial charge in [-0.15, -0.1) is 37.2 Å². The molecule has 7 heteroatoms. The summed E-state index contributed by atoms with van der Waals surface area (Å²) in [5.74, 6) is 0. The third-order valence-corrected chi connectivity index (χ3v) is 3.64. The van der Waals surface area contributed by atoms with Crippen molar-refractivity contribution in [3.8, 4) is 0 Å². The van der Waals surface area contributed by atoms with Gasteiger partial charge in [-0.1, -0.05) is 0 Å². The number of nitrogens with one attached hydrogen (secondary N) is 2. The number of anilines is 1. The van der Waals surface area contributed by atoms with Crippen LogP contribution in [0.15, 0.2) is 24.5 Å². The largest absolute Gasteiger partial charge is 0.370 e. The number of rotatable bonds is 2. The Balaban J connectivity index is 0.00000120. The quantitative estimate of drug-likeness (QED) is 0.884. The van der Waals surface area contributed by atoms with Crippen molar-refractivity contribution >= 4 is 53.9 Å². The van der Waals surface area contributed by atoms with Crippen LogP contribution in [0.5, 0.6) is 0 Å². The van der Waals surface area contributed by atoms with Crippen LogP contribution in [0, 0.1) is 0 Å². The maximum Gasteiger partial charge on any atom is 0.139 e. The van der Waals surface area contributed by atoms with E-state index in [2.05, 4.69) is 39.4 Å². The molecule has 2 N–H and O–H groups in total. The molecule has 114 valence electrons. The summed E-state index contributed by atoms with van der Waals surface area (Å²) >= 11 is 0. The van der Waals surface area contributed by atoms with Gasteiger partial charge in [0.1, 0.15) is 5.65 Å². The van der Waals surface area contributed by atoms with Crippen LogP contribution in [0.2, 0.25) is 0 Å². The van der Waals surface area contributed by atoms with Crippen molar-refractivity contribution < 1.29 is 0 Å². The first-order chi connectivity index (χ1) is 8.36. The van der Waals surface area contributed by atoms with Crippen LogP contribution in [0.4, 0.5) is 5.69 Å². The van der Waals surface area contributed by atoms with Gasteiger partial charge in [0.05, 0.1) is 0 Å². The lowest BCUT2D eigenvalue weighted by atomic mass is 10.1. The van der Waals surface area contributed by atoms with Crippen molar-refractivity contribution in [2.45, 2.75) is 18.9 Å². The van der Waals surface area contributed by atoms with E-state index < -0.39 is 0 Å². The highest BCUT2D eigenvalue weighted by molar-refractivity contribution is 5.89. The van der Waals surface area contributed by atoms with E-state index in [9.17, 15) is 0 Å². The number of aromatic amines is 1. The third kappa shape index (κ3) is 3.70. The average Bonchev–Trinajstić information content (AvgIpc) is 2.87. The molecule has 0 aliphatic carbocycles. The Morgan fingerprint density at radius 2 is 2.05 bits per heavy atom. The fourth-order valence-corrected chi connectivity index (χ4v) is 2.61. The smallest absolute Gasteiger partial charge is 0.139 e. The maximum absolute atomic E-state index is 4.33. The second-order valence-corrected chi connectivity index (χ2v) is 4.68. The molecule has 2 aromatic heterocycles. The minimum Gasteiger partial charge on any atom is -0.370 e. The topological polar surface area (TPSA) is 44.0 Å². The number of piperidine rings is 1. The number of H-pyrrole nitrogens is 1. The van der Waals surface area contributed by atoms with Crippen LogP contribution in [0.1, 0.15) is 12.8 Å². The number of likely N-dealkylation sites (N-methyl/N-ethyl adjacent to an activating group) is 1. The van der Waals surface area contributed by atoms with E-state index in [4.69, 9.17) is 0 Å². The fraction of sp³-hybridized carbons (Fsp3) is 0.462. The van der Waals surface area contributed by atoms with E-state index >= 15 is 0 Å². The number of pyridine rings is 1. The van der Waals surface area contributed by atoms with Gasteiger partial charge in [0.25, 0.3) is 0 Å². The number of aromatic nitrogens is 2. The van der Waals surface area contributed by atoms with E-state index in [1.165, 1.54) is 23.9 Å². The summed E-state index contributed by atoms with van der Waals surface area (Å²) in [5, 5.41) is 4.67. The van der Waals surface area contributed by atoms with Crippen molar-refractivity contribution in [1.29, 1.82) is 0 Å². The molecule has 2 aromatic rings. The van der Waals surface area contributed by atoms with E-state index in [0.29, 0.717) is 6.04 Å². The van der Waals surface area contributed by atoms with Crippen molar-refractivity contribution in [3.63, 3.8) is 0 Å². The van der Waals surface area contributed by atoms with Gasteiger partial charge in [-0.05, 0) is 31.5 Å². The third-order valence-electron chi connectivity index (χ3n) is 3.64. The molecule has 0 radical (unpaired) electrons. The zero-order valence-corrected chi connectivity index (χ0v) is 13.8. The molecule has 20 heavy (non-hydrogen) atoms. The molecule has 1 fully saturated rings. The van der Waals surface area contributed by atoms with Crippen LogP contribution < -0.4 is 10.2 Å². The Morgan fingerprint density at radius 3 is 2.75 bits per heavy atom. The number of halogens is 3. The van der Waals surface area contributed by atoms with Gasteiger partial charge in [0, 0.05) is 43.1 Å². The monoisotopic (exact) mass is 338 g/mol. The molecule has 1 aliphatic rings. The fourth-order valence-electron chi connectivity index (χ4n) is 2.61. The van der Waals surface area contributed by atoms with Gasteiger partial charge < -0.3 is 15.2 Å². The minimum atomic E-state index is 0. The molecule has 4 nitrogen and oxygen atoms in total.